The third-order valence-corrected chi connectivity index (χ3v) is 2.13. The lowest BCUT2D eigenvalue weighted by molar-refractivity contribution is -0.138. The molecule has 0 atom stereocenters. The Labute approximate surface area is 107 Å². The molecule has 0 aliphatic heterocycles. The lowest BCUT2D eigenvalue weighted by atomic mass is 10.1. The highest BCUT2D eigenvalue weighted by molar-refractivity contribution is 6.07. The minimum absolute atomic E-state index is 0.143. The molecule has 19 heavy (non-hydrogen) atoms. The van der Waals surface area contributed by atoms with Gasteiger partial charge in [-0.1, -0.05) is 12.1 Å². The maximum absolute atomic E-state index is 12.4. The average molecular weight is 272 g/mol. The maximum Gasteiger partial charge on any atom is 0.416 e. The molecule has 0 saturated carbocycles. The van der Waals surface area contributed by atoms with Gasteiger partial charge in [0.2, 0.25) is 0 Å². The van der Waals surface area contributed by atoms with Crippen LogP contribution in [0.4, 0.5) is 13.2 Å². The molecule has 0 bridgehead atoms. The number of benzene rings is 1. The number of ether oxygens (including phenoxy) is 1. The fraction of sp³-hybridized carbons (Fsp3) is 0.231. The number of ketones is 1. The second kappa shape index (κ2) is 6.17. The quantitative estimate of drug-likeness (QED) is 0.480. The van der Waals surface area contributed by atoms with E-state index in [1.54, 1.807) is 6.92 Å². The van der Waals surface area contributed by atoms with Gasteiger partial charge >= 0.3 is 12.1 Å². The molecule has 3 nitrogen and oxygen atoms in total. The summed E-state index contributed by atoms with van der Waals surface area (Å²) in [5.41, 5.74) is -1.06. The SMILES string of the molecule is CCOC(=O)C=CC(=O)c1cccc(C(F)(F)F)c1. The molecule has 0 N–H and O–H groups in total. The fourth-order valence-corrected chi connectivity index (χ4v) is 1.28. The summed E-state index contributed by atoms with van der Waals surface area (Å²) in [7, 11) is 0. The number of carbonyl (C=O) groups is 2. The van der Waals surface area contributed by atoms with Crippen LogP contribution < -0.4 is 0 Å². The van der Waals surface area contributed by atoms with Gasteiger partial charge in [0.05, 0.1) is 12.2 Å². The molecule has 102 valence electrons. The highest BCUT2D eigenvalue weighted by Crippen LogP contribution is 2.29. The second-order valence-electron chi connectivity index (χ2n) is 3.53. The van der Waals surface area contributed by atoms with E-state index in [-0.39, 0.29) is 12.2 Å². The van der Waals surface area contributed by atoms with E-state index in [2.05, 4.69) is 4.74 Å². The average Bonchev–Trinajstić information content (AvgIpc) is 2.35. The van der Waals surface area contributed by atoms with E-state index >= 15 is 0 Å². The molecule has 0 aromatic heterocycles. The molecule has 0 aliphatic carbocycles. The lowest BCUT2D eigenvalue weighted by Crippen LogP contribution is -2.07. The van der Waals surface area contributed by atoms with Gasteiger partial charge in [0, 0.05) is 11.6 Å². The largest absolute Gasteiger partial charge is 0.463 e. The molecule has 0 aliphatic rings. The number of alkyl halides is 3. The van der Waals surface area contributed by atoms with E-state index < -0.39 is 23.5 Å². The molecule has 0 spiro atoms. The second-order valence-corrected chi connectivity index (χ2v) is 3.53. The van der Waals surface area contributed by atoms with Gasteiger partial charge in [0.1, 0.15) is 0 Å². The van der Waals surface area contributed by atoms with Crippen LogP contribution in [0.1, 0.15) is 22.8 Å². The van der Waals surface area contributed by atoms with E-state index in [4.69, 9.17) is 0 Å². The molecule has 6 heteroatoms. The van der Waals surface area contributed by atoms with Crippen molar-refractivity contribution in [2.45, 2.75) is 13.1 Å². The molecule has 0 heterocycles. The van der Waals surface area contributed by atoms with Crippen molar-refractivity contribution < 1.29 is 27.5 Å². The van der Waals surface area contributed by atoms with Crippen LogP contribution in [0.2, 0.25) is 0 Å². The van der Waals surface area contributed by atoms with Crippen molar-refractivity contribution in [1.29, 1.82) is 0 Å². The Balaban J connectivity index is 2.86. The van der Waals surface area contributed by atoms with E-state index in [9.17, 15) is 22.8 Å². The summed E-state index contributed by atoms with van der Waals surface area (Å²) in [6.07, 6.45) is -2.75. The van der Waals surface area contributed by atoms with Crippen molar-refractivity contribution in [2.24, 2.45) is 0 Å². The predicted octanol–water partition coefficient (Wildman–Crippen LogP) is 3.01. The van der Waals surface area contributed by atoms with Crippen LogP contribution in [0.15, 0.2) is 36.4 Å². The van der Waals surface area contributed by atoms with Crippen molar-refractivity contribution in [2.75, 3.05) is 6.61 Å². The first kappa shape index (κ1) is 14.9. The Morgan fingerprint density at radius 3 is 2.53 bits per heavy atom. The van der Waals surface area contributed by atoms with Crippen LogP contribution >= 0.6 is 0 Å². The summed E-state index contributed by atoms with van der Waals surface area (Å²) < 4.78 is 41.9. The molecular weight excluding hydrogens is 261 g/mol. The predicted molar refractivity (Wildman–Crippen MR) is 61.5 cm³/mol. The minimum atomic E-state index is -4.51. The van der Waals surface area contributed by atoms with Gasteiger partial charge in [0.15, 0.2) is 5.78 Å². The zero-order valence-corrected chi connectivity index (χ0v) is 10.0. The molecule has 0 radical (unpaired) electrons. The van der Waals surface area contributed by atoms with Gasteiger partial charge in [-0.3, -0.25) is 4.79 Å². The number of halogens is 3. The molecule has 0 amide bonds. The smallest absolute Gasteiger partial charge is 0.416 e. The summed E-state index contributed by atoms with van der Waals surface area (Å²) in [6, 6.07) is 3.98. The Morgan fingerprint density at radius 1 is 1.26 bits per heavy atom. The zero-order valence-electron chi connectivity index (χ0n) is 10.0. The Morgan fingerprint density at radius 2 is 1.95 bits per heavy atom. The summed E-state index contributed by atoms with van der Waals surface area (Å²) in [5.74, 6) is -1.41. The minimum Gasteiger partial charge on any atom is -0.463 e. The first-order valence-corrected chi connectivity index (χ1v) is 5.41. The Hall–Kier alpha value is -2.11. The standard InChI is InChI=1S/C13H11F3O3/c1-2-19-12(18)7-6-11(17)9-4-3-5-10(8-9)13(14,15)16/h3-8H,2H2,1H3. The van der Waals surface area contributed by atoms with E-state index in [1.807, 2.05) is 0 Å². The normalized spacial score (nSPS) is 11.6. The molecular formula is C13H11F3O3. The van der Waals surface area contributed by atoms with Crippen LogP contribution in [0.3, 0.4) is 0 Å². The summed E-state index contributed by atoms with van der Waals surface area (Å²) in [6.45, 7) is 1.75. The highest BCUT2D eigenvalue weighted by atomic mass is 19.4. The van der Waals surface area contributed by atoms with Gasteiger partial charge in [-0.25, -0.2) is 4.79 Å². The van der Waals surface area contributed by atoms with Crippen LogP contribution in [0, 0.1) is 0 Å². The number of allylic oxidation sites excluding steroid dienone is 1. The summed E-state index contributed by atoms with van der Waals surface area (Å²) in [5, 5.41) is 0. The molecule has 1 aromatic rings. The van der Waals surface area contributed by atoms with Crippen LogP contribution in [-0.2, 0) is 15.7 Å². The third kappa shape index (κ3) is 4.57. The monoisotopic (exact) mass is 272 g/mol. The first-order chi connectivity index (χ1) is 8.84. The number of rotatable bonds is 4. The molecule has 1 rings (SSSR count). The van der Waals surface area contributed by atoms with Crippen LogP contribution in [0.25, 0.3) is 0 Å². The van der Waals surface area contributed by atoms with Crippen molar-refractivity contribution in [3.05, 3.63) is 47.5 Å². The Kier molecular flexibility index (Phi) is 4.86. The van der Waals surface area contributed by atoms with E-state index in [0.717, 1.165) is 30.4 Å². The van der Waals surface area contributed by atoms with Crippen molar-refractivity contribution in [3.63, 3.8) is 0 Å². The maximum atomic E-state index is 12.4. The van der Waals surface area contributed by atoms with Crippen molar-refractivity contribution in [1.82, 2.24) is 0 Å². The number of esters is 1. The van der Waals surface area contributed by atoms with Gasteiger partial charge in [-0.15, -0.1) is 0 Å². The topological polar surface area (TPSA) is 43.4 Å². The number of carbonyl (C=O) groups excluding carboxylic acids is 2. The lowest BCUT2D eigenvalue weighted by Gasteiger charge is -2.06. The number of hydrogen-bond acceptors (Lipinski definition) is 3. The molecule has 0 unspecified atom stereocenters. The van der Waals surface area contributed by atoms with Crippen LogP contribution in [-0.4, -0.2) is 18.4 Å². The fourth-order valence-electron chi connectivity index (χ4n) is 1.28. The third-order valence-electron chi connectivity index (χ3n) is 2.13. The highest BCUT2D eigenvalue weighted by Gasteiger charge is 2.30. The van der Waals surface area contributed by atoms with Gasteiger partial charge < -0.3 is 4.74 Å². The first-order valence-electron chi connectivity index (χ1n) is 5.41. The van der Waals surface area contributed by atoms with E-state index in [0.29, 0.717) is 0 Å². The van der Waals surface area contributed by atoms with Crippen LogP contribution in [0.5, 0.6) is 0 Å². The number of hydrogen-bond donors (Lipinski definition) is 0. The van der Waals surface area contributed by atoms with E-state index in [1.165, 1.54) is 6.07 Å². The van der Waals surface area contributed by atoms with Crippen molar-refractivity contribution in [3.8, 4) is 0 Å². The molecule has 1 aromatic carbocycles. The van der Waals surface area contributed by atoms with Gasteiger partial charge in [-0.05, 0) is 25.1 Å². The summed E-state index contributed by atoms with van der Waals surface area (Å²) >= 11 is 0. The Bertz CT molecular complexity index is 504. The van der Waals surface area contributed by atoms with Gasteiger partial charge in [0.25, 0.3) is 0 Å². The molecule has 0 fully saturated rings. The zero-order chi connectivity index (χ0) is 14.5. The molecule has 0 saturated heterocycles. The van der Waals surface area contributed by atoms with Gasteiger partial charge in [-0.2, -0.15) is 13.2 Å². The summed E-state index contributed by atoms with van der Waals surface area (Å²) in [4.78, 5) is 22.5. The van der Waals surface area contributed by atoms with Crippen molar-refractivity contribution >= 4 is 11.8 Å².